The Morgan fingerprint density at radius 1 is 1.32 bits per heavy atom. The second kappa shape index (κ2) is 9.20. The van der Waals surface area contributed by atoms with Crippen molar-refractivity contribution in [3.63, 3.8) is 0 Å². The van der Waals surface area contributed by atoms with Gasteiger partial charge in [0.1, 0.15) is 23.9 Å². The van der Waals surface area contributed by atoms with Crippen molar-refractivity contribution < 1.29 is 17.9 Å². The van der Waals surface area contributed by atoms with Gasteiger partial charge in [-0.15, -0.1) is 10.2 Å². The largest absolute Gasteiger partial charge is 0.485 e. The quantitative estimate of drug-likeness (QED) is 0.359. The summed E-state index contributed by atoms with van der Waals surface area (Å²) in [5.41, 5.74) is 0.839. The molecular weight excluding hydrogens is 410 g/mol. The van der Waals surface area contributed by atoms with Gasteiger partial charge < -0.3 is 9.15 Å². The van der Waals surface area contributed by atoms with E-state index in [9.17, 15) is 8.78 Å². The molecule has 6 nitrogen and oxygen atoms in total. The van der Waals surface area contributed by atoms with Crippen LogP contribution in [-0.2, 0) is 6.61 Å². The third kappa shape index (κ3) is 4.71. The van der Waals surface area contributed by atoms with Gasteiger partial charge in [0, 0.05) is 10.6 Å². The van der Waals surface area contributed by atoms with Crippen molar-refractivity contribution in [1.29, 1.82) is 0 Å². The van der Waals surface area contributed by atoms with E-state index in [1.807, 2.05) is 19.9 Å². The van der Waals surface area contributed by atoms with Crippen LogP contribution in [-0.4, -0.2) is 26.8 Å². The molecule has 2 aromatic heterocycles. The van der Waals surface area contributed by atoms with Crippen molar-refractivity contribution in [3.05, 3.63) is 58.3 Å². The normalized spacial score (nSPS) is 11.6. The molecule has 0 fully saturated rings. The van der Waals surface area contributed by atoms with Crippen molar-refractivity contribution in [1.82, 2.24) is 14.9 Å². The number of halogens is 3. The van der Waals surface area contributed by atoms with Crippen LogP contribution in [0.3, 0.4) is 0 Å². The first-order valence-electron chi connectivity index (χ1n) is 8.36. The first kappa shape index (κ1) is 20.3. The molecule has 0 N–H and O–H groups in total. The van der Waals surface area contributed by atoms with Gasteiger partial charge in [-0.05, 0) is 36.9 Å². The summed E-state index contributed by atoms with van der Waals surface area (Å²) in [5.74, 6) is 1.75. The molecule has 0 atom stereocenters. The lowest BCUT2D eigenvalue weighted by Crippen LogP contribution is -2.00. The van der Waals surface area contributed by atoms with Crippen LogP contribution in [0.5, 0.6) is 5.75 Å². The number of benzene rings is 1. The molecule has 0 saturated carbocycles. The van der Waals surface area contributed by atoms with Crippen LogP contribution in [0.25, 0.3) is 0 Å². The van der Waals surface area contributed by atoms with Gasteiger partial charge in [-0.25, -0.2) is 8.78 Å². The van der Waals surface area contributed by atoms with E-state index >= 15 is 0 Å². The maximum atomic E-state index is 13.1. The van der Waals surface area contributed by atoms with E-state index in [1.54, 1.807) is 24.3 Å². The van der Waals surface area contributed by atoms with Crippen LogP contribution >= 0.6 is 23.4 Å². The SMILES string of the molecule is CCSc1nnc(C(F)F)n1N=Cc1ccc(COc2cccc(Cl)c2C)o1. The Labute approximate surface area is 169 Å². The van der Waals surface area contributed by atoms with E-state index < -0.39 is 12.2 Å². The molecule has 3 rings (SSSR count). The minimum atomic E-state index is -2.78. The highest BCUT2D eigenvalue weighted by molar-refractivity contribution is 7.99. The second-order valence-electron chi connectivity index (χ2n) is 5.59. The maximum absolute atomic E-state index is 13.1. The number of thioether (sulfide) groups is 1. The van der Waals surface area contributed by atoms with Gasteiger partial charge in [-0.2, -0.15) is 9.78 Å². The molecular formula is C18H17ClF2N4O2S. The number of hydrogen-bond donors (Lipinski definition) is 0. The molecule has 0 radical (unpaired) electrons. The van der Waals surface area contributed by atoms with E-state index in [-0.39, 0.29) is 6.61 Å². The second-order valence-corrected chi connectivity index (χ2v) is 7.22. The molecule has 148 valence electrons. The highest BCUT2D eigenvalue weighted by Gasteiger charge is 2.20. The van der Waals surface area contributed by atoms with Gasteiger partial charge in [-0.3, -0.25) is 0 Å². The van der Waals surface area contributed by atoms with Crippen LogP contribution in [0.1, 0.15) is 36.3 Å². The molecule has 2 heterocycles. The minimum Gasteiger partial charge on any atom is -0.485 e. The summed E-state index contributed by atoms with van der Waals surface area (Å²) in [4.78, 5) is 0. The summed E-state index contributed by atoms with van der Waals surface area (Å²) in [7, 11) is 0. The molecule has 10 heteroatoms. The lowest BCUT2D eigenvalue weighted by molar-refractivity contribution is 0.135. The Bertz CT molecular complexity index is 974. The van der Waals surface area contributed by atoms with Crippen LogP contribution in [0, 0.1) is 6.92 Å². The average molecular weight is 427 g/mol. The summed E-state index contributed by atoms with van der Waals surface area (Å²) >= 11 is 7.34. The lowest BCUT2D eigenvalue weighted by Gasteiger charge is -2.08. The van der Waals surface area contributed by atoms with E-state index in [4.69, 9.17) is 20.8 Å². The molecule has 0 aliphatic heterocycles. The molecule has 0 spiro atoms. The fourth-order valence-corrected chi connectivity index (χ4v) is 3.08. The summed E-state index contributed by atoms with van der Waals surface area (Å²) < 4.78 is 38.5. The first-order chi connectivity index (χ1) is 13.5. The van der Waals surface area contributed by atoms with Gasteiger partial charge in [0.2, 0.25) is 11.0 Å². The van der Waals surface area contributed by atoms with E-state index in [1.165, 1.54) is 18.0 Å². The van der Waals surface area contributed by atoms with Gasteiger partial charge >= 0.3 is 0 Å². The Morgan fingerprint density at radius 2 is 2.14 bits per heavy atom. The number of ether oxygens (including phenoxy) is 1. The summed E-state index contributed by atoms with van der Waals surface area (Å²) in [6.07, 6.45) is -1.44. The molecule has 0 bridgehead atoms. The van der Waals surface area contributed by atoms with Crippen molar-refractivity contribution in [3.8, 4) is 5.75 Å². The molecule has 28 heavy (non-hydrogen) atoms. The topological polar surface area (TPSA) is 65.4 Å². The zero-order valence-corrected chi connectivity index (χ0v) is 16.7. The smallest absolute Gasteiger partial charge is 0.299 e. The van der Waals surface area contributed by atoms with Crippen molar-refractivity contribution in [2.75, 3.05) is 5.75 Å². The van der Waals surface area contributed by atoms with Crippen LogP contribution in [0.15, 0.2) is 45.0 Å². The highest BCUT2D eigenvalue weighted by Crippen LogP contribution is 2.26. The number of rotatable bonds is 8. The fraction of sp³-hybridized carbons (Fsp3) is 0.278. The third-order valence-electron chi connectivity index (χ3n) is 3.68. The number of hydrogen-bond acceptors (Lipinski definition) is 6. The minimum absolute atomic E-state index is 0.195. The van der Waals surface area contributed by atoms with Crippen molar-refractivity contribution in [2.45, 2.75) is 32.0 Å². The average Bonchev–Trinajstić information content (AvgIpc) is 3.28. The number of furan rings is 1. The zero-order valence-electron chi connectivity index (χ0n) is 15.1. The van der Waals surface area contributed by atoms with Gasteiger partial charge in [0.05, 0.1) is 6.21 Å². The summed E-state index contributed by atoms with van der Waals surface area (Å²) in [5, 5.41) is 12.2. The van der Waals surface area contributed by atoms with E-state index in [2.05, 4.69) is 15.3 Å². The lowest BCUT2D eigenvalue weighted by atomic mass is 10.2. The fourth-order valence-electron chi connectivity index (χ4n) is 2.29. The first-order valence-corrected chi connectivity index (χ1v) is 9.73. The molecule has 3 aromatic rings. The number of nitrogens with zero attached hydrogens (tertiary/aromatic N) is 4. The Balaban J connectivity index is 1.71. The van der Waals surface area contributed by atoms with Gasteiger partial charge in [0.15, 0.2) is 0 Å². The number of alkyl halides is 2. The molecule has 0 amide bonds. The molecule has 0 aliphatic carbocycles. The standard InChI is InChI=1S/C18H17ClF2N4O2S/c1-3-28-18-24-23-17(16(20)21)25(18)22-9-12-7-8-13(27-12)10-26-15-6-4-5-14(19)11(15)2/h4-9,16H,3,10H2,1-2H3. The Kier molecular flexibility index (Phi) is 6.69. The highest BCUT2D eigenvalue weighted by atomic mass is 35.5. The van der Waals surface area contributed by atoms with Gasteiger partial charge in [0.25, 0.3) is 6.43 Å². The summed E-state index contributed by atoms with van der Waals surface area (Å²) in [6.45, 7) is 3.94. The molecule has 0 aliphatic rings. The third-order valence-corrected chi connectivity index (χ3v) is 4.89. The predicted molar refractivity (Wildman–Crippen MR) is 104 cm³/mol. The number of aromatic nitrogens is 3. The Hall–Kier alpha value is -2.39. The molecule has 0 unspecified atom stereocenters. The monoisotopic (exact) mass is 426 g/mol. The van der Waals surface area contributed by atoms with E-state index in [0.29, 0.717) is 33.2 Å². The van der Waals surface area contributed by atoms with Crippen molar-refractivity contribution >= 4 is 29.6 Å². The van der Waals surface area contributed by atoms with Crippen molar-refractivity contribution in [2.24, 2.45) is 5.10 Å². The van der Waals surface area contributed by atoms with Gasteiger partial charge in [-0.1, -0.05) is 36.4 Å². The Morgan fingerprint density at radius 3 is 2.89 bits per heavy atom. The zero-order chi connectivity index (χ0) is 20.1. The molecule has 0 saturated heterocycles. The van der Waals surface area contributed by atoms with Crippen LogP contribution in [0.2, 0.25) is 5.02 Å². The van der Waals surface area contributed by atoms with E-state index in [0.717, 1.165) is 10.2 Å². The predicted octanol–water partition coefficient (Wildman–Crippen LogP) is 5.34. The maximum Gasteiger partial charge on any atom is 0.299 e. The molecule has 1 aromatic carbocycles. The van der Waals surface area contributed by atoms with Crippen LogP contribution < -0.4 is 4.74 Å². The summed E-state index contributed by atoms with van der Waals surface area (Å²) in [6, 6.07) is 8.80. The van der Waals surface area contributed by atoms with Crippen LogP contribution in [0.4, 0.5) is 8.78 Å².